The Bertz CT molecular complexity index is 345. The number of aromatic nitrogens is 1. The molecule has 1 aliphatic rings. The van der Waals surface area contributed by atoms with E-state index in [-0.39, 0.29) is 11.6 Å². The molecule has 3 heteroatoms. The summed E-state index contributed by atoms with van der Waals surface area (Å²) in [6.07, 6.45) is 4.40. The molecule has 3 nitrogen and oxygen atoms in total. The highest BCUT2D eigenvalue weighted by Gasteiger charge is 2.38. The Hall–Kier alpha value is -1.25. The summed E-state index contributed by atoms with van der Waals surface area (Å²) >= 11 is 0. The average molecular weight is 206 g/mol. The van der Waals surface area contributed by atoms with Gasteiger partial charge >= 0.3 is 0 Å². The van der Waals surface area contributed by atoms with Crippen LogP contribution in [0, 0.1) is 0 Å². The van der Waals surface area contributed by atoms with Crippen molar-refractivity contribution < 1.29 is 4.74 Å². The monoisotopic (exact) mass is 206 g/mol. The first-order chi connectivity index (χ1) is 7.09. The van der Waals surface area contributed by atoms with Gasteiger partial charge in [-0.05, 0) is 45.7 Å². The molecule has 0 radical (unpaired) electrons. The number of pyridine rings is 1. The van der Waals surface area contributed by atoms with Gasteiger partial charge in [-0.25, -0.2) is 4.98 Å². The van der Waals surface area contributed by atoms with E-state index in [0.717, 1.165) is 11.6 Å². The summed E-state index contributed by atoms with van der Waals surface area (Å²) in [6, 6.07) is 3.86. The van der Waals surface area contributed by atoms with Crippen LogP contribution in [-0.2, 0) is 0 Å². The van der Waals surface area contributed by atoms with Crippen LogP contribution < -0.4 is 10.1 Å². The van der Waals surface area contributed by atoms with Crippen LogP contribution in [0.3, 0.4) is 0 Å². The fraction of sp³-hybridized carbons (Fsp3) is 0.583. The molecule has 15 heavy (non-hydrogen) atoms. The molecule has 1 aromatic heterocycles. The topological polar surface area (TPSA) is 34.1 Å². The molecule has 1 fully saturated rings. The van der Waals surface area contributed by atoms with Gasteiger partial charge in [0.1, 0.15) is 0 Å². The summed E-state index contributed by atoms with van der Waals surface area (Å²) in [6.45, 7) is 6.26. The van der Waals surface area contributed by atoms with Crippen molar-refractivity contribution in [1.82, 2.24) is 4.98 Å². The van der Waals surface area contributed by atoms with Crippen LogP contribution in [0.1, 0.15) is 33.6 Å². The SMILES string of the molecule is CC(C)Oc1cccnc1NC1(C)CC1. The van der Waals surface area contributed by atoms with Gasteiger partial charge in [-0.2, -0.15) is 0 Å². The summed E-state index contributed by atoms with van der Waals surface area (Å²) < 4.78 is 5.69. The minimum absolute atomic E-state index is 0.182. The van der Waals surface area contributed by atoms with E-state index in [1.54, 1.807) is 6.20 Å². The number of nitrogens with one attached hydrogen (secondary N) is 1. The lowest BCUT2D eigenvalue weighted by Crippen LogP contribution is -2.18. The third-order valence-electron chi connectivity index (χ3n) is 2.55. The number of rotatable bonds is 4. The Kier molecular flexibility index (Phi) is 2.55. The standard InChI is InChI=1S/C12H18N2O/c1-9(2)15-10-5-4-8-13-11(10)14-12(3)6-7-12/h4-5,8-9H,6-7H2,1-3H3,(H,13,14). The van der Waals surface area contributed by atoms with E-state index < -0.39 is 0 Å². The first-order valence-electron chi connectivity index (χ1n) is 5.49. The van der Waals surface area contributed by atoms with Crippen molar-refractivity contribution in [3.05, 3.63) is 18.3 Å². The lowest BCUT2D eigenvalue weighted by atomic mass is 10.3. The molecule has 0 unspecified atom stereocenters. The second kappa shape index (κ2) is 3.72. The smallest absolute Gasteiger partial charge is 0.169 e. The molecule has 1 N–H and O–H groups in total. The molecule has 0 bridgehead atoms. The third kappa shape index (κ3) is 2.61. The molecule has 1 aliphatic carbocycles. The molecule has 0 amide bonds. The first-order valence-corrected chi connectivity index (χ1v) is 5.49. The summed E-state index contributed by atoms with van der Waals surface area (Å²) in [7, 11) is 0. The van der Waals surface area contributed by atoms with E-state index in [2.05, 4.69) is 17.2 Å². The molecule has 0 aromatic carbocycles. The highest BCUT2D eigenvalue weighted by Crippen LogP contribution is 2.39. The number of hydrogen-bond acceptors (Lipinski definition) is 3. The van der Waals surface area contributed by atoms with Crippen molar-refractivity contribution in [3.8, 4) is 5.75 Å². The van der Waals surface area contributed by atoms with Gasteiger partial charge in [0.25, 0.3) is 0 Å². The maximum Gasteiger partial charge on any atom is 0.169 e. The fourth-order valence-electron chi connectivity index (χ4n) is 1.43. The first kappa shape index (κ1) is 10.3. The summed E-state index contributed by atoms with van der Waals surface area (Å²) in [4.78, 5) is 4.32. The highest BCUT2D eigenvalue weighted by molar-refractivity contribution is 5.52. The van der Waals surface area contributed by atoms with Gasteiger partial charge in [0.2, 0.25) is 0 Å². The van der Waals surface area contributed by atoms with E-state index in [4.69, 9.17) is 4.74 Å². The Balaban J connectivity index is 2.14. The molecule has 1 heterocycles. The zero-order valence-corrected chi connectivity index (χ0v) is 9.58. The van der Waals surface area contributed by atoms with Crippen LogP contribution in [0.5, 0.6) is 5.75 Å². The molecule has 2 rings (SSSR count). The predicted octanol–water partition coefficient (Wildman–Crippen LogP) is 2.83. The maximum atomic E-state index is 5.69. The molecular formula is C12H18N2O. The molecule has 0 saturated heterocycles. The van der Waals surface area contributed by atoms with Crippen LogP contribution >= 0.6 is 0 Å². The van der Waals surface area contributed by atoms with Crippen molar-refractivity contribution in [1.29, 1.82) is 0 Å². The van der Waals surface area contributed by atoms with Gasteiger partial charge < -0.3 is 10.1 Å². The lowest BCUT2D eigenvalue weighted by Gasteiger charge is -2.17. The second-order valence-electron chi connectivity index (χ2n) is 4.70. The zero-order valence-electron chi connectivity index (χ0n) is 9.58. The maximum absolute atomic E-state index is 5.69. The predicted molar refractivity (Wildman–Crippen MR) is 61.3 cm³/mol. The van der Waals surface area contributed by atoms with Gasteiger partial charge in [0.05, 0.1) is 6.10 Å². The van der Waals surface area contributed by atoms with Crippen molar-refractivity contribution in [3.63, 3.8) is 0 Å². The van der Waals surface area contributed by atoms with Gasteiger partial charge in [0, 0.05) is 11.7 Å². The largest absolute Gasteiger partial charge is 0.487 e. The normalized spacial score (nSPS) is 17.6. The Morgan fingerprint density at radius 2 is 2.20 bits per heavy atom. The van der Waals surface area contributed by atoms with Gasteiger partial charge in [0.15, 0.2) is 11.6 Å². The Morgan fingerprint density at radius 3 is 2.80 bits per heavy atom. The van der Waals surface area contributed by atoms with Crippen LogP contribution in [0.2, 0.25) is 0 Å². The van der Waals surface area contributed by atoms with Crippen LogP contribution in [-0.4, -0.2) is 16.6 Å². The van der Waals surface area contributed by atoms with Crippen LogP contribution in [0.25, 0.3) is 0 Å². The molecule has 0 spiro atoms. The molecular weight excluding hydrogens is 188 g/mol. The highest BCUT2D eigenvalue weighted by atomic mass is 16.5. The van der Waals surface area contributed by atoms with Crippen molar-refractivity contribution in [2.45, 2.75) is 45.3 Å². The molecule has 0 atom stereocenters. The summed E-state index contributed by atoms with van der Waals surface area (Å²) in [5.74, 6) is 1.71. The van der Waals surface area contributed by atoms with Crippen molar-refractivity contribution in [2.75, 3.05) is 5.32 Å². The minimum Gasteiger partial charge on any atom is -0.487 e. The average Bonchev–Trinajstić information content (AvgIpc) is 2.86. The lowest BCUT2D eigenvalue weighted by molar-refractivity contribution is 0.242. The number of nitrogens with zero attached hydrogens (tertiary/aromatic N) is 1. The second-order valence-corrected chi connectivity index (χ2v) is 4.70. The van der Waals surface area contributed by atoms with Gasteiger partial charge in [-0.3, -0.25) is 0 Å². The molecule has 0 aliphatic heterocycles. The number of hydrogen-bond donors (Lipinski definition) is 1. The van der Waals surface area contributed by atoms with E-state index in [9.17, 15) is 0 Å². The Labute approximate surface area is 90.9 Å². The molecule has 82 valence electrons. The van der Waals surface area contributed by atoms with Crippen LogP contribution in [0.4, 0.5) is 5.82 Å². The van der Waals surface area contributed by atoms with E-state index in [1.807, 2.05) is 26.0 Å². The van der Waals surface area contributed by atoms with E-state index >= 15 is 0 Å². The third-order valence-corrected chi connectivity index (χ3v) is 2.55. The quantitative estimate of drug-likeness (QED) is 0.822. The summed E-state index contributed by atoms with van der Waals surface area (Å²) in [5.41, 5.74) is 0.240. The van der Waals surface area contributed by atoms with Gasteiger partial charge in [-0.1, -0.05) is 0 Å². The Morgan fingerprint density at radius 1 is 1.47 bits per heavy atom. The molecule has 1 saturated carbocycles. The van der Waals surface area contributed by atoms with Crippen LogP contribution in [0.15, 0.2) is 18.3 Å². The zero-order chi connectivity index (χ0) is 10.9. The summed E-state index contributed by atoms with van der Waals surface area (Å²) in [5, 5.41) is 3.43. The van der Waals surface area contributed by atoms with Crippen molar-refractivity contribution >= 4 is 5.82 Å². The van der Waals surface area contributed by atoms with E-state index in [0.29, 0.717) is 0 Å². The fourth-order valence-corrected chi connectivity index (χ4v) is 1.43. The number of ether oxygens (including phenoxy) is 1. The van der Waals surface area contributed by atoms with Crippen molar-refractivity contribution in [2.24, 2.45) is 0 Å². The number of anilines is 1. The molecule has 1 aromatic rings. The minimum atomic E-state index is 0.182. The van der Waals surface area contributed by atoms with E-state index in [1.165, 1.54) is 12.8 Å². The van der Waals surface area contributed by atoms with Gasteiger partial charge in [-0.15, -0.1) is 0 Å².